The van der Waals surface area contributed by atoms with E-state index in [0.29, 0.717) is 62.4 Å². The number of piperazine rings is 1. The zero-order valence-corrected chi connectivity index (χ0v) is 22.7. The number of ether oxygens (including phenoxy) is 1. The molecule has 0 atom stereocenters. The van der Waals surface area contributed by atoms with E-state index < -0.39 is 10.0 Å². The molecule has 0 unspecified atom stereocenters. The van der Waals surface area contributed by atoms with Crippen LogP contribution in [-0.2, 0) is 16.4 Å². The number of piperidine rings is 1. The summed E-state index contributed by atoms with van der Waals surface area (Å²) in [5.41, 5.74) is 2.32. The molecule has 2 aliphatic rings. The number of hydrogen-bond acceptors (Lipinski definition) is 7. The van der Waals surface area contributed by atoms with Crippen molar-refractivity contribution in [3.05, 3.63) is 71.6 Å². The summed E-state index contributed by atoms with van der Waals surface area (Å²) in [7, 11) is -2.05. The maximum Gasteiger partial charge on any atom is 0.276 e. The Bertz CT molecular complexity index is 1360. The van der Waals surface area contributed by atoms with Crippen molar-refractivity contribution in [2.24, 2.45) is 5.92 Å². The van der Waals surface area contributed by atoms with Crippen LogP contribution in [0.3, 0.4) is 0 Å². The monoisotopic (exact) mass is 538 g/mol. The molecule has 0 spiro atoms. The zero-order valence-electron chi connectivity index (χ0n) is 21.9. The van der Waals surface area contributed by atoms with Gasteiger partial charge in [-0.15, -0.1) is 0 Å². The van der Waals surface area contributed by atoms with E-state index in [9.17, 15) is 13.2 Å². The summed E-state index contributed by atoms with van der Waals surface area (Å²) < 4.78 is 39.4. The number of hydrogen-bond donors (Lipinski definition) is 0. The summed E-state index contributed by atoms with van der Waals surface area (Å²) >= 11 is 0. The van der Waals surface area contributed by atoms with Crippen molar-refractivity contribution < 1.29 is 22.5 Å². The molecule has 9 nitrogen and oxygen atoms in total. The number of benzene rings is 2. The van der Waals surface area contributed by atoms with Crippen LogP contribution < -0.4 is 9.64 Å². The third-order valence-corrected chi connectivity index (χ3v) is 9.38. The Morgan fingerprint density at radius 2 is 1.71 bits per heavy atom. The number of sulfonamides is 1. The summed E-state index contributed by atoms with van der Waals surface area (Å²) in [5, 5.41) is 3.83. The lowest BCUT2D eigenvalue weighted by Crippen LogP contribution is -2.49. The van der Waals surface area contributed by atoms with E-state index in [2.05, 4.69) is 22.2 Å². The fraction of sp³-hybridized carbons (Fsp3) is 0.429. The van der Waals surface area contributed by atoms with Crippen LogP contribution >= 0.6 is 0 Å². The van der Waals surface area contributed by atoms with Gasteiger partial charge in [-0.1, -0.05) is 35.5 Å². The van der Waals surface area contributed by atoms with Crippen molar-refractivity contribution in [1.29, 1.82) is 0 Å². The largest absolute Gasteiger partial charge is 0.495 e. The highest BCUT2D eigenvalue weighted by atomic mass is 32.2. The molecule has 3 heterocycles. The molecular weight excluding hydrogens is 504 g/mol. The molecule has 5 rings (SSSR count). The number of methoxy groups -OCH3 is 1. The molecule has 2 saturated heterocycles. The van der Waals surface area contributed by atoms with Crippen LogP contribution in [0.15, 0.2) is 64.0 Å². The zero-order chi connectivity index (χ0) is 26.7. The lowest BCUT2D eigenvalue weighted by Gasteiger charge is -2.36. The number of nitrogens with zero attached hydrogens (tertiary/aromatic N) is 4. The molecule has 10 heteroatoms. The van der Waals surface area contributed by atoms with Gasteiger partial charge >= 0.3 is 0 Å². The van der Waals surface area contributed by atoms with Crippen LogP contribution in [0.4, 0.5) is 5.69 Å². The predicted octanol–water partition coefficient (Wildman–Crippen LogP) is 3.60. The highest BCUT2D eigenvalue weighted by Crippen LogP contribution is 2.34. The van der Waals surface area contributed by atoms with Crippen molar-refractivity contribution in [2.75, 3.05) is 51.3 Å². The summed E-state index contributed by atoms with van der Waals surface area (Å²) in [5.74, 6) is 1.52. The summed E-state index contributed by atoms with van der Waals surface area (Å²) in [6.07, 6.45) is 2.67. The number of carbonyl (C=O) groups excluding carboxylic acids is 1. The molecule has 1 aromatic heterocycles. The second-order valence-corrected chi connectivity index (χ2v) is 11.9. The minimum Gasteiger partial charge on any atom is -0.495 e. The summed E-state index contributed by atoms with van der Waals surface area (Å²) in [4.78, 5) is 16.8. The van der Waals surface area contributed by atoms with Crippen molar-refractivity contribution in [3.63, 3.8) is 0 Å². The number of rotatable bonds is 7. The second-order valence-electron chi connectivity index (χ2n) is 9.97. The van der Waals surface area contributed by atoms with Crippen molar-refractivity contribution in [2.45, 2.75) is 31.1 Å². The molecule has 2 aliphatic heterocycles. The lowest BCUT2D eigenvalue weighted by molar-refractivity contribution is 0.0736. The van der Waals surface area contributed by atoms with Gasteiger partial charge in [0.25, 0.3) is 5.91 Å². The molecule has 0 aliphatic carbocycles. The number of amides is 1. The Labute approximate surface area is 224 Å². The fourth-order valence-corrected chi connectivity index (χ4v) is 6.80. The average Bonchev–Trinajstić information content (AvgIpc) is 3.39. The molecule has 3 aromatic rings. The normalized spacial score (nSPS) is 17.5. The Balaban J connectivity index is 1.25. The van der Waals surface area contributed by atoms with E-state index >= 15 is 0 Å². The fourth-order valence-electron chi connectivity index (χ4n) is 5.31. The van der Waals surface area contributed by atoms with Crippen molar-refractivity contribution in [1.82, 2.24) is 14.4 Å². The Kier molecular flexibility index (Phi) is 7.71. The molecule has 0 N–H and O–H groups in total. The molecule has 2 fully saturated rings. The summed E-state index contributed by atoms with van der Waals surface area (Å²) in [6.45, 7) is 4.86. The van der Waals surface area contributed by atoms with Gasteiger partial charge in [-0.25, -0.2) is 8.42 Å². The van der Waals surface area contributed by atoms with Gasteiger partial charge in [-0.2, -0.15) is 4.31 Å². The van der Waals surface area contributed by atoms with Gasteiger partial charge in [0, 0.05) is 45.3 Å². The SMILES string of the molecule is COc1ccc(S(=O)(=O)N2CCC(Cc3ccccc3)CC2)cc1N1CCN(C(=O)c2cc(C)on2)CC1. The topological polar surface area (TPSA) is 96.2 Å². The first-order chi connectivity index (χ1) is 18.3. The number of aromatic nitrogens is 1. The molecule has 0 radical (unpaired) electrons. The first-order valence-corrected chi connectivity index (χ1v) is 14.5. The van der Waals surface area contributed by atoms with E-state index in [-0.39, 0.29) is 10.8 Å². The van der Waals surface area contributed by atoms with Crippen LogP contribution in [0, 0.1) is 12.8 Å². The molecule has 38 heavy (non-hydrogen) atoms. The minimum absolute atomic E-state index is 0.166. The van der Waals surface area contributed by atoms with Gasteiger partial charge < -0.3 is 19.1 Å². The molecule has 202 valence electrons. The number of aryl methyl sites for hydroxylation is 1. The van der Waals surface area contributed by atoms with Gasteiger partial charge in [-0.05, 0) is 55.9 Å². The standard InChI is InChI=1S/C28H34N4O5S/c1-21-18-25(29-37-21)28(33)31-16-14-30(15-17-31)26-20-24(8-9-27(26)36-2)38(34,35)32-12-10-23(11-13-32)19-22-6-4-3-5-7-22/h3-9,18,20,23H,10-17,19H2,1-2H3. The van der Waals surface area contributed by atoms with Gasteiger partial charge in [0.1, 0.15) is 11.5 Å². The second kappa shape index (κ2) is 11.2. The van der Waals surface area contributed by atoms with Crippen LogP contribution in [0.1, 0.15) is 34.7 Å². The maximum atomic E-state index is 13.6. The molecular formula is C28H34N4O5S. The Morgan fingerprint density at radius 3 is 2.34 bits per heavy atom. The third kappa shape index (κ3) is 5.56. The van der Waals surface area contributed by atoms with Gasteiger partial charge in [0.15, 0.2) is 5.69 Å². The van der Waals surface area contributed by atoms with Gasteiger partial charge in [0.2, 0.25) is 10.0 Å². The quantitative estimate of drug-likeness (QED) is 0.454. The molecule has 0 bridgehead atoms. The van der Waals surface area contributed by atoms with Gasteiger partial charge in [-0.3, -0.25) is 4.79 Å². The maximum absolute atomic E-state index is 13.6. The van der Waals surface area contributed by atoms with Crippen LogP contribution in [-0.4, -0.2) is 75.1 Å². The van der Waals surface area contributed by atoms with Crippen LogP contribution in [0.25, 0.3) is 0 Å². The van der Waals surface area contributed by atoms with Crippen molar-refractivity contribution in [3.8, 4) is 5.75 Å². The minimum atomic E-state index is -3.63. The lowest BCUT2D eigenvalue weighted by atomic mass is 9.91. The molecule has 0 saturated carbocycles. The third-order valence-electron chi connectivity index (χ3n) is 7.48. The van der Waals surface area contributed by atoms with Crippen LogP contribution in [0.5, 0.6) is 5.75 Å². The number of carbonyl (C=O) groups is 1. The van der Waals surface area contributed by atoms with Crippen molar-refractivity contribution >= 4 is 21.6 Å². The highest BCUT2D eigenvalue weighted by molar-refractivity contribution is 7.89. The van der Waals surface area contributed by atoms with E-state index in [1.165, 1.54) is 5.56 Å². The Morgan fingerprint density at radius 1 is 1.00 bits per heavy atom. The molecule has 2 aromatic carbocycles. The Hall–Kier alpha value is -3.37. The first kappa shape index (κ1) is 26.2. The van der Waals surface area contributed by atoms with Gasteiger partial charge in [0.05, 0.1) is 17.7 Å². The first-order valence-electron chi connectivity index (χ1n) is 13.0. The van der Waals surface area contributed by atoms with E-state index in [1.54, 1.807) is 47.5 Å². The highest BCUT2D eigenvalue weighted by Gasteiger charge is 2.31. The number of anilines is 1. The van der Waals surface area contributed by atoms with E-state index in [1.807, 2.05) is 18.2 Å². The van der Waals surface area contributed by atoms with E-state index in [0.717, 1.165) is 24.9 Å². The predicted molar refractivity (Wildman–Crippen MR) is 144 cm³/mol. The van der Waals surface area contributed by atoms with Crippen LogP contribution in [0.2, 0.25) is 0 Å². The summed E-state index contributed by atoms with van der Waals surface area (Å²) in [6, 6.07) is 17.1. The smallest absolute Gasteiger partial charge is 0.276 e. The molecule has 1 amide bonds. The van der Waals surface area contributed by atoms with E-state index in [4.69, 9.17) is 9.26 Å². The average molecular weight is 539 g/mol.